The Balaban J connectivity index is 3.15. The monoisotopic (exact) mass is 268 g/mol. The second-order valence-electron chi connectivity index (χ2n) is 2.51. The number of rotatable bonds is 2. The van der Waals surface area contributed by atoms with Gasteiger partial charge in [-0.05, 0) is 6.92 Å². The molecule has 0 aliphatic heterocycles. The average Bonchev–Trinajstić information content (AvgIpc) is 2.45. The van der Waals surface area contributed by atoms with Crippen molar-refractivity contribution in [1.82, 2.24) is 9.78 Å². The highest BCUT2D eigenvalue weighted by Gasteiger charge is 2.31. The van der Waals surface area contributed by atoms with E-state index in [2.05, 4.69) is 25.8 Å². The molecule has 4 nitrogen and oxygen atoms in total. The Morgan fingerprint density at radius 3 is 2.64 bits per heavy atom. The van der Waals surface area contributed by atoms with Crippen LogP contribution >= 0.6 is 15.9 Å². The maximum atomic E-state index is 12.8. The van der Waals surface area contributed by atoms with Gasteiger partial charge in [0.1, 0.15) is 5.56 Å². The minimum atomic E-state index is -3.30. The van der Waals surface area contributed by atoms with E-state index in [0.717, 1.165) is 6.20 Å². The van der Waals surface area contributed by atoms with Crippen molar-refractivity contribution in [2.75, 3.05) is 7.11 Å². The lowest BCUT2D eigenvalue weighted by Gasteiger charge is -2.10. The van der Waals surface area contributed by atoms with Gasteiger partial charge in [0.2, 0.25) is 0 Å². The summed E-state index contributed by atoms with van der Waals surface area (Å²) in [5.41, 5.74) is 0.0605. The van der Waals surface area contributed by atoms with Gasteiger partial charge in [0.25, 0.3) is 0 Å². The fourth-order valence-corrected chi connectivity index (χ4v) is 1.33. The molecule has 1 rings (SSSR count). The number of alkyl halides is 3. The van der Waals surface area contributed by atoms with Crippen LogP contribution in [0.4, 0.5) is 8.78 Å². The van der Waals surface area contributed by atoms with Gasteiger partial charge in [-0.3, -0.25) is 0 Å². The third-order valence-electron chi connectivity index (χ3n) is 1.66. The number of esters is 1. The molecule has 0 bridgehead atoms. The van der Waals surface area contributed by atoms with Gasteiger partial charge in [-0.25, -0.2) is 4.79 Å². The van der Waals surface area contributed by atoms with Crippen molar-refractivity contribution >= 4 is 21.9 Å². The van der Waals surface area contributed by atoms with E-state index in [4.69, 9.17) is 0 Å². The molecule has 0 saturated carbocycles. The number of aromatic nitrogens is 2. The zero-order valence-electron chi connectivity index (χ0n) is 7.42. The SMILES string of the molecule is COC(=O)c1cnn(C(F)(F)Br)c1C. The summed E-state index contributed by atoms with van der Waals surface area (Å²) < 4.78 is 30.3. The largest absolute Gasteiger partial charge is 0.465 e. The van der Waals surface area contributed by atoms with Crippen molar-refractivity contribution in [1.29, 1.82) is 0 Å². The Bertz CT molecular complexity index is 359. The summed E-state index contributed by atoms with van der Waals surface area (Å²) in [5.74, 6) is -0.689. The van der Waals surface area contributed by atoms with E-state index in [1.54, 1.807) is 0 Å². The molecule has 1 heterocycles. The lowest BCUT2D eigenvalue weighted by molar-refractivity contribution is 0.0178. The normalized spacial score (nSPS) is 11.5. The summed E-state index contributed by atoms with van der Waals surface area (Å²) in [6, 6.07) is 0. The van der Waals surface area contributed by atoms with Gasteiger partial charge >= 0.3 is 10.9 Å². The fraction of sp³-hybridized carbons (Fsp3) is 0.429. The molecule has 1 aromatic rings. The summed E-state index contributed by atoms with van der Waals surface area (Å²) in [6.07, 6.45) is 1.04. The third-order valence-corrected chi connectivity index (χ3v) is 1.99. The van der Waals surface area contributed by atoms with E-state index in [-0.39, 0.29) is 11.3 Å². The lowest BCUT2D eigenvalue weighted by atomic mass is 10.3. The number of halogens is 3. The van der Waals surface area contributed by atoms with E-state index < -0.39 is 10.9 Å². The molecule has 0 fully saturated rings. The summed E-state index contributed by atoms with van der Waals surface area (Å²) in [6.45, 7) is 1.36. The van der Waals surface area contributed by atoms with Gasteiger partial charge in [0.05, 0.1) is 19.0 Å². The second kappa shape index (κ2) is 3.64. The highest BCUT2D eigenvalue weighted by atomic mass is 79.9. The van der Waals surface area contributed by atoms with Gasteiger partial charge in [-0.15, -0.1) is 0 Å². The predicted octanol–water partition coefficient (Wildman–Crippen LogP) is 1.88. The maximum Gasteiger partial charge on any atom is 0.401 e. The van der Waals surface area contributed by atoms with E-state index in [0.29, 0.717) is 4.68 Å². The van der Waals surface area contributed by atoms with E-state index >= 15 is 0 Å². The molecular weight excluding hydrogens is 262 g/mol. The minimum absolute atomic E-state index is 0.0200. The third kappa shape index (κ3) is 1.92. The summed E-state index contributed by atoms with van der Waals surface area (Å²) in [5, 5.41) is 3.37. The zero-order chi connectivity index (χ0) is 10.9. The van der Waals surface area contributed by atoms with Crippen LogP contribution in [0.2, 0.25) is 0 Å². The molecule has 0 spiro atoms. The smallest absolute Gasteiger partial charge is 0.401 e. The highest BCUT2D eigenvalue weighted by molar-refractivity contribution is 9.09. The number of hydrogen-bond donors (Lipinski definition) is 0. The molecule has 0 saturated heterocycles. The number of methoxy groups -OCH3 is 1. The molecule has 0 aliphatic rings. The van der Waals surface area contributed by atoms with Gasteiger partial charge < -0.3 is 4.74 Å². The highest BCUT2D eigenvalue weighted by Crippen LogP contribution is 2.29. The Hall–Kier alpha value is -0.980. The standard InChI is InChI=1S/C7H7BrF2N2O2/c1-4-5(6(13)14-2)3-11-12(4)7(8,9)10/h3H,1-2H3. The van der Waals surface area contributed by atoms with Crippen LogP contribution in [0.25, 0.3) is 0 Å². The predicted molar refractivity (Wildman–Crippen MR) is 47.4 cm³/mol. The van der Waals surface area contributed by atoms with Crippen LogP contribution < -0.4 is 0 Å². The Morgan fingerprint density at radius 2 is 2.29 bits per heavy atom. The number of carbonyl (C=O) groups is 1. The first-order valence-electron chi connectivity index (χ1n) is 3.58. The van der Waals surface area contributed by atoms with Crippen molar-refractivity contribution in [2.24, 2.45) is 0 Å². The maximum absolute atomic E-state index is 12.8. The first kappa shape index (κ1) is 11.1. The molecule has 0 radical (unpaired) electrons. The van der Waals surface area contributed by atoms with Crippen molar-refractivity contribution in [2.45, 2.75) is 11.9 Å². The zero-order valence-corrected chi connectivity index (χ0v) is 9.01. The Labute approximate surface area is 87.0 Å². The second-order valence-corrected chi connectivity index (χ2v) is 3.47. The molecule has 0 aliphatic carbocycles. The molecule has 1 aromatic heterocycles. The van der Waals surface area contributed by atoms with Crippen LogP contribution in [-0.4, -0.2) is 22.9 Å². The summed E-state index contributed by atoms with van der Waals surface area (Å²) >= 11 is 2.14. The van der Waals surface area contributed by atoms with Crippen LogP contribution in [-0.2, 0) is 9.69 Å². The van der Waals surface area contributed by atoms with Gasteiger partial charge in [-0.2, -0.15) is 18.6 Å². The number of ether oxygens (including phenoxy) is 1. The average molecular weight is 269 g/mol. The molecular formula is C7H7BrF2N2O2. The van der Waals surface area contributed by atoms with Crippen molar-refractivity contribution in [3.8, 4) is 0 Å². The summed E-state index contributed by atoms with van der Waals surface area (Å²) in [7, 11) is 1.17. The van der Waals surface area contributed by atoms with Crippen LogP contribution in [0.5, 0.6) is 0 Å². The van der Waals surface area contributed by atoms with Crippen molar-refractivity contribution in [3.63, 3.8) is 0 Å². The topological polar surface area (TPSA) is 44.1 Å². The van der Waals surface area contributed by atoms with Gasteiger partial charge in [-0.1, -0.05) is 0 Å². The molecule has 78 valence electrons. The van der Waals surface area contributed by atoms with Crippen molar-refractivity contribution in [3.05, 3.63) is 17.5 Å². The quantitative estimate of drug-likeness (QED) is 0.608. The fourth-order valence-electron chi connectivity index (χ4n) is 0.976. The molecule has 14 heavy (non-hydrogen) atoms. The van der Waals surface area contributed by atoms with E-state index in [1.165, 1.54) is 14.0 Å². The van der Waals surface area contributed by atoms with Gasteiger partial charge in [0, 0.05) is 15.9 Å². The number of hydrogen-bond acceptors (Lipinski definition) is 3. The Morgan fingerprint density at radius 1 is 1.71 bits per heavy atom. The molecule has 0 unspecified atom stereocenters. The van der Waals surface area contributed by atoms with E-state index in [1.807, 2.05) is 0 Å². The van der Waals surface area contributed by atoms with Crippen LogP contribution in [0.15, 0.2) is 6.20 Å². The van der Waals surface area contributed by atoms with E-state index in [9.17, 15) is 13.6 Å². The lowest BCUT2D eigenvalue weighted by Crippen LogP contribution is -2.18. The van der Waals surface area contributed by atoms with Crippen LogP contribution in [0.3, 0.4) is 0 Å². The summed E-state index contributed by atoms with van der Waals surface area (Å²) in [4.78, 5) is 7.74. The van der Waals surface area contributed by atoms with Crippen LogP contribution in [0.1, 0.15) is 16.1 Å². The first-order valence-corrected chi connectivity index (χ1v) is 4.37. The molecule has 0 aromatic carbocycles. The number of nitrogens with zero attached hydrogens (tertiary/aromatic N) is 2. The van der Waals surface area contributed by atoms with Crippen molar-refractivity contribution < 1.29 is 18.3 Å². The molecule has 7 heteroatoms. The molecule has 0 atom stereocenters. The van der Waals surface area contributed by atoms with Gasteiger partial charge in [0.15, 0.2) is 0 Å². The Kier molecular flexibility index (Phi) is 2.89. The first-order chi connectivity index (χ1) is 6.38. The molecule has 0 N–H and O–H groups in total. The minimum Gasteiger partial charge on any atom is -0.465 e. The van der Waals surface area contributed by atoms with Crippen LogP contribution in [0, 0.1) is 6.92 Å². The molecule has 0 amide bonds. The number of carbonyl (C=O) groups excluding carboxylic acids is 1.